The molecule has 0 saturated heterocycles. The Morgan fingerprint density at radius 1 is 1.23 bits per heavy atom. The highest BCUT2D eigenvalue weighted by molar-refractivity contribution is 6.30. The molecule has 0 aliphatic carbocycles. The molecule has 0 N–H and O–H groups in total. The van der Waals surface area contributed by atoms with Gasteiger partial charge in [-0.1, -0.05) is 49.2 Å². The third-order valence-electron chi connectivity index (χ3n) is 1.80. The molecule has 0 atom stereocenters. The summed E-state index contributed by atoms with van der Waals surface area (Å²) < 4.78 is 0. The standard InChI is InChI=1S/C12H14Cl/c1-2-3-4-5-6-11-7-9-12(13)10-8-11/h5-10H,1-4H2. The van der Waals surface area contributed by atoms with E-state index in [9.17, 15) is 0 Å². The van der Waals surface area contributed by atoms with E-state index in [1.807, 2.05) is 24.3 Å². The van der Waals surface area contributed by atoms with Gasteiger partial charge in [0.2, 0.25) is 0 Å². The third kappa shape index (κ3) is 4.14. The second kappa shape index (κ2) is 5.82. The highest BCUT2D eigenvalue weighted by Gasteiger charge is 1.86. The topological polar surface area (TPSA) is 0 Å². The molecule has 0 fully saturated rings. The number of benzene rings is 1. The zero-order chi connectivity index (χ0) is 9.52. The summed E-state index contributed by atoms with van der Waals surface area (Å²) in [6.07, 6.45) is 7.56. The SMILES string of the molecule is [CH2]CCCC=Cc1ccc(Cl)cc1. The van der Waals surface area contributed by atoms with Crippen LogP contribution in [0.1, 0.15) is 24.8 Å². The molecule has 0 spiro atoms. The molecule has 0 aliphatic heterocycles. The van der Waals surface area contributed by atoms with Crippen LogP contribution in [0.15, 0.2) is 30.3 Å². The fourth-order valence-corrected chi connectivity index (χ4v) is 1.18. The number of halogens is 1. The molecule has 69 valence electrons. The van der Waals surface area contributed by atoms with E-state index >= 15 is 0 Å². The summed E-state index contributed by atoms with van der Waals surface area (Å²) in [5, 5.41) is 0.787. The molecule has 1 aromatic carbocycles. The van der Waals surface area contributed by atoms with Crippen LogP contribution in [0.25, 0.3) is 6.08 Å². The Bertz CT molecular complexity index is 259. The summed E-state index contributed by atoms with van der Waals surface area (Å²) in [6.45, 7) is 3.79. The van der Waals surface area contributed by atoms with Crippen molar-refractivity contribution < 1.29 is 0 Å². The van der Waals surface area contributed by atoms with Gasteiger partial charge in [0.1, 0.15) is 0 Å². The maximum atomic E-state index is 5.76. The van der Waals surface area contributed by atoms with Crippen molar-refractivity contribution in [3.8, 4) is 0 Å². The quantitative estimate of drug-likeness (QED) is 0.624. The first-order chi connectivity index (χ1) is 6.33. The normalized spacial score (nSPS) is 10.9. The Hall–Kier alpha value is -0.750. The Labute approximate surface area is 85.2 Å². The van der Waals surface area contributed by atoms with Crippen molar-refractivity contribution in [2.24, 2.45) is 0 Å². The molecular formula is C12H14Cl. The molecule has 0 bridgehead atoms. The zero-order valence-electron chi connectivity index (χ0n) is 7.67. The van der Waals surface area contributed by atoms with Gasteiger partial charge >= 0.3 is 0 Å². The van der Waals surface area contributed by atoms with Gasteiger partial charge in [0.05, 0.1) is 0 Å². The lowest BCUT2D eigenvalue weighted by molar-refractivity contribution is 0.868. The summed E-state index contributed by atoms with van der Waals surface area (Å²) in [5.41, 5.74) is 1.20. The molecule has 0 nitrogen and oxygen atoms in total. The first kappa shape index (κ1) is 10.3. The van der Waals surface area contributed by atoms with Crippen molar-refractivity contribution in [2.75, 3.05) is 0 Å². The van der Waals surface area contributed by atoms with Gasteiger partial charge in [0.15, 0.2) is 0 Å². The number of hydrogen-bond donors (Lipinski definition) is 0. The van der Waals surface area contributed by atoms with Crippen LogP contribution in [0.5, 0.6) is 0 Å². The monoisotopic (exact) mass is 193 g/mol. The lowest BCUT2D eigenvalue weighted by atomic mass is 10.2. The van der Waals surface area contributed by atoms with Crippen molar-refractivity contribution in [1.29, 1.82) is 0 Å². The van der Waals surface area contributed by atoms with Gasteiger partial charge in [-0.3, -0.25) is 0 Å². The van der Waals surface area contributed by atoms with E-state index in [0.29, 0.717) is 0 Å². The summed E-state index contributed by atoms with van der Waals surface area (Å²) in [4.78, 5) is 0. The van der Waals surface area contributed by atoms with Gasteiger partial charge in [-0.05, 0) is 30.5 Å². The molecule has 1 rings (SSSR count). The third-order valence-corrected chi connectivity index (χ3v) is 2.05. The molecule has 0 unspecified atom stereocenters. The van der Waals surface area contributed by atoms with Crippen LogP contribution in [-0.4, -0.2) is 0 Å². The van der Waals surface area contributed by atoms with Gasteiger partial charge in [0, 0.05) is 5.02 Å². The highest BCUT2D eigenvalue weighted by Crippen LogP contribution is 2.11. The van der Waals surface area contributed by atoms with Crippen molar-refractivity contribution in [2.45, 2.75) is 19.3 Å². The van der Waals surface area contributed by atoms with E-state index in [1.165, 1.54) is 5.56 Å². The Morgan fingerprint density at radius 2 is 1.92 bits per heavy atom. The van der Waals surface area contributed by atoms with E-state index < -0.39 is 0 Å². The van der Waals surface area contributed by atoms with Gasteiger partial charge < -0.3 is 0 Å². The van der Waals surface area contributed by atoms with Crippen molar-refractivity contribution in [3.05, 3.63) is 47.9 Å². The predicted octanol–water partition coefficient (Wildman–Crippen LogP) is 4.36. The first-order valence-corrected chi connectivity index (χ1v) is 4.92. The lowest BCUT2D eigenvalue weighted by Crippen LogP contribution is -1.71. The van der Waals surface area contributed by atoms with Crippen LogP contribution in [-0.2, 0) is 0 Å². The van der Waals surface area contributed by atoms with Crippen LogP contribution in [0.3, 0.4) is 0 Å². The molecular weight excluding hydrogens is 180 g/mol. The molecule has 1 heteroatoms. The number of unbranched alkanes of at least 4 members (excludes halogenated alkanes) is 2. The summed E-state index contributed by atoms with van der Waals surface area (Å²) in [6, 6.07) is 7.84. The zero-order valence-corrected chi connectivity index (χ0v) is 8.43. The molecule has 1 aromatic rings. The van der Waals surface area contributed by atoms with Gasteiger partial charge in [0.25, 0.3) is 0 Å². The van der Waals surface area contributed by atoms with E-state index in [4.69, 9.17) is 11.6 Å². The van der Waals surface area contributed by atoms with Crippen molar-refractivity contribution in [3.63, 3.8) is 0 Å². The predicted molar refractivity (Wildman–Crippen MR) is 59.7 cm³/mol. The van der Waals surface area contributed by atoms with E-state index in [2.05, 4.69) is 19.1 Å². The van der Waals surface area contributed by atoms with Crippen LogP contribution in [0, 0.1) is 6.92 Å². The van der Waals surface area contributed by atoms with Gasteiger partial charge in [-0.15, -0.1) is 0 Å². The number of rotatable bonds is 4. The number of hydrogen-bond acceptors (Lipinski definition) is 0. The molecule has 0 amide bonds. The van der Waals surface area contributed by atoms with E-state index in [0.717, 1.165) is 24.3 Å². The smallest absolute Gasteiger partial charge is 0.0406 e. The lowest BCUT2D eigenvalue weighted by Gasteiger charge is -1.93. The summed E-state index contributed by atoms with van der Waals surface area (Å²) in [5.74, 6) is 0. The van der Waals surface area contributed by atoms with Crippen LogP contribution < -0.4 is 0 Å². The fraction of sp³-hybridized carbons (Fsp3) is 0.250. The second-order valence-electron chi connectivity index (χ2n) is 2.95. The Morgan fingerprint density at radius 3 is 2.54 bits per heavy atom. The molecule has 0 aliphatic rings. The van der Waals surface area contributed by atoms with Crippen molar-refractivity contribution >= 4 is 17.7 Å². The van der Waals surface area contributed by atoms with Crippen LogP contribution >= 0.6 is 11.6 Å². The second-order valence-corrected chi connectivity index (χ2v) is 3.39. The molecule has 0 aromatic heterocycles. The average molecular weight is 194 g/mol. The minimum atomic E-state index is 0.787. The Kier molecular flexibility index (Phi) is 4.63. The van der Waals surface area contributed by atoms with Gasteiger partial charge in [-0.2, -0.15) is 0 Å². The minimum Gasteiger partial charge on any atom is -0.0843 e. The van der Waals surface area contributed by atoms with Gasteiger partial charge in [-0.25, -0.2) is 0 Å². The summed E-state index contributed by atoms with van der Waals surface area (Å²) in [7, 11) is 0. The molecule has 0 saturated carbocycles. The van der Waals surface area contributed by atoms with Crippen molar-refractivity contribution in [1.82, 2.24) is 0 Å². The highest BCUT2D eigenvalue weighted by atomic mass is 35.5. The van der Waals surface area contributed by atoms with Crippen LogP contribution in [0.2, 0.25) is 5.02 Å². The average Bonchev–Trinajstić information content (AvgIpc) is 2.15. The summed E-state index contributed by atoms with van der Waals surface area (Å²) >= 11 is 5.76. The minimum absolute atomic E-state index is 0.787. The molecule has 0 heterocycles. The molecule has 13 heavy (non-hydrogen) atoms. The maximum Gasteiger partial charge on any atom is 0.0406 e. The molecule has 1 radical (unpaired) electrons. The Balaban J connectivity index is 2.44. The van der Waals surface area contributed by atoms with E-state index in [1.54, 1.807) is 0 Å². The number of allylic oxidation sites excluding steroid dienone is 1. The van der Waals surface area contributed by atoms with Crippen LogP contribution in [0.4, 0.5) is 0 Å². The maximum absolute atomic E-state index is 5.76. The van der Waals surface area contributed by atoms with E-state index in [-0.39, 0.29) is 0 Å². The first-order valence-electron chi connectivity index (χ1n) is 4.54. The fourth-order valence-electron chi connectivity index (χ4n) is 1.06. The largest absolute Gasteiger partial charge is 0.0843 e.